The van der Waals surface area contributed by atoms with Gasteiger partial charge in [0.15, 0.2) is 9.84 Å². The number of sulfone groups is 1. The van der Waals surface area contributed by atoms with Crippen molar-refractivity contribution < 1.29 is 21.6 Å². The van der Waals surface area contributed by atoms with E-state index in [4.69, 9.17) is 0 Å². The third kappa shape index (κ3) is 6.07. The van der Waals surface area contributed by atoms with Crippen LogP contribution in [0, 0.1) is 5.92 Å². The first-order valence-electron chi connectivity index (χ1n) is 8.20. The number of hydrogen-bond acceptors (Lipinski definition) is 5. The number of sulfonamides is 1. The Morgan fingerprint density at radius 2 is 1.33 bits per heavy atom. The summed E-state index contributed by atoms with van der Waals surface area (Å²) in [6.07, 6.45) is 1.45. The lowest BCUT2D eigenvalue weighted by Crippen LogP contribution is -2.14. The average Bonchev–Trinajstić information content (AvgIpc) is 2.55. The van der Waals surface area contributed by atoms with Crippen LogP contribution in [0.15, 0.2) is 58.3 Å². The summed E-state index contributed by atoms with van der Waals surface area (Å²) < 4.78 is 50.2. The lowest BCUT2D eigenvalue weighted by molar-refractivity contribution is -0.116. The van der Waals surface area contributed by atoms with E-state index in [2.05, 4.69) is 10.0 Å². The van der Waals surface area contributed by atoms with E-state index in [1.54, 1.807) is 12.1 Å². The zero-order valence-electron chi connectivity index (χ0n) is 15.3. The molecule has 2 aromatic carbocycles. The lowest BCUT2D eigenvalue weighted by atomic mass is 10.1. The standard InChI is InChI=1S/C18H22N2O5S2/c1-13(2)12-18(21)19-14-4-6-15(7-5-14)20-27(24,25)17-10-8-16(9-11-17)26(3,22)23/h4-11,13,20H,12H2,1-3H3,(H,19,21). The van der Waals surface area contributed by atoms with E-state index in [9.17, 15) is 21.6 Å². The van der Waals surface area contributed by atoms with Crippen molar-refractivity contribution in [2.75, 3.05) is 16.3 Å². The van der Waals surface area contributed by atoms with Crippen LogP contribution < -0.4 is 10.0 Å². The minimum Gasteiger partial charge on any atom is -0.326 e. The molecule has 0 saturated carbocycles. The third-order valence-electron chi connectivity index (χ3n) is 3.58. The molecule has 146 valence electrons. The molecule has 0 atom stereocenters. The van der Waals surface area contributed by atoms with Gasteiger partial charge in [-0.2, -0.15) is 0 Å². The Bertz CT molecular complexity index is 1010. The molecule has 2 aromatic rings. The third-order valence-corrected chi connectivity index (χ3v) is 6.10. The highest BCUT2D eigenvalue weighted by molar-refractivity contribution is 7.92. The zero-order valence-corrected chi connectivity index (χ0v) is 16.9. The van der Waals surface area contributed by atoms with Crippen LogP contribution in [0.1, 0.15) is 20.3 Å². The molecule has 2 N–H and O–H groups in total. The van der Waals surface area contributed by atoms with Crippen molar-refractivity contribution in [1.82, 2.24) is 0 Å². The Morgan fingerprint density at radius 3 is 1.81 bits per heavy atom. The fraction of sp³-hybridized carbons (Fsp3) is 0.278. The zero-order chi connectivity index (χ0) is 20.2. The van der Waals surface area contributed by atoms with Crippen LogP contribution in [0.4, 0.5) is 11.4 Å². The smallest absolute Gasteiger partial charge is 0.261 e. The van der Waals surface area contributed by atoms with Gasteiger partial charge in [0.25, 0.3) is 10.0 Å². The van der Waals surface area contributed by atoms with E-state index in [-0.39, 0.29) is 21.6 Å². The number of hydrogen-bond donors (Lipinski definition) is 2. The summed E-state index contributed by atoms with van der Waals surface area (Å²) in [5.41, 5.74) is 0.894. The summed E-state index contributed by atoms with van der Waals surface area (Å²) in [5, 5.41) is 2.74. The van der Waals surface area contributed by atoms with Crippen LogP contribution in [0.3, 0.4) is 0 Å². The first-order valence-corrected chi connectivity index (χ1v) is 11.6. The first-order chi connectivity index (χ1) is 12.5. The molecule has 1 amide bonds. The average molecular weight is 411 g/mol. The monoisotopic (exact) mass is 410 g/mol. The maximum Gasteiger partial charge on any atom is 0.261 e. The van der Waals surface area contributed by atoms with Crippen molar-refractivity contribution in [3.8, 4) is 0 Å². The van der Waals surface area contributed by atoms with E-state index in [1.165, 1.54) is 36.4 Å². The van der Waals surface area contributed by atoms with Gasteiger partial charge in [-0.1, -0.05) is 13.8 Å². The Labute approximate surface area is 159 Å². The summed E-state index contributed by atoms with van der Waals surface area (Å²) in [6.45, 7) is 3.89. The second-order valence-electron chi connectivity index (χ2n) is 6.57. The summed E-state index contributed by atoms with van der Waals surface area (Å²) >= 11 is 0. The van der Waals surface area contributed by atoms with Crippen molar-refractivity contribution >= 4 is 37.1 Å². The summed E-state index contributed by atoms with van der Waals surface area (Å²) in [4.78, 5) is 11.7. The quantitative estimate of drug-likeness (QED) is 0.729. The maximum absolute atomic E-state index is 12.4. The molecule has 2 rings (SSSR count). The molecule has 9 heteroatoms. The molecule has 0 unspecified atom stereocenters. The van der Waals surface area contributed by atoms with Crippen LogP contribution in [0.5, 0.6) is 0 Å². The number of benzene rings is 2. The number of carbonyl (C=O) groups is 1. The topological polar surface area (TPSA) is 109 Å². The molecule has 0 fully saturated rings. The van der Waals surface area contributed by atoms with Crippen molar-refractivity contribution in [2.24, 2.45) is 5.92 Å². The number of rotatable bonds is 7. The number of amides is 1. The summed E-state index contributed by atoms with van der Waals surface area (Å²) in [5.74, 6) is 0.134. The van der Waals surface area contributed by atoms with Gasteiger partial charge in [-0.25, -0.2) is 16.8 Å². The predicted octanol–water partition coefficient (Wildman–Crippen LogP) is 2.88. The fourth-order valence-corrected chi connectivity index (χ4v) is 3.97. The molecule has 0 heterocycles. The minimum atomic E-state index is -3.86. The molecule has 0 aromatic heterocycles. The molecule has 0 aliphatic carbocycles. The van der Waals surface area contributed by atoms with Gasteiger partial charge >= 0.3 is 0 Å². The molecule has 7 nitrogen and oxygen atoms in total. The SMILES string of the molecule is CC(C)CC(=O)Nc1ccc(NS(=O)(=O)c2ccc(S(C)(=O)=O)cc2)cc1. The summed E-state index contributed by atoms with van der Waals surface area (Å²) in [7, 11) is -7.26. The van der Waals surface area contributed by atoms with Gasteiger partial charge in [0.05, 0.1) is 9.79 Å². The van der Waals surface area contributed by atoms with Crippen molar-refractivity contribution in [2.45, 2.75) is 30.1 Å². The van der Waals surface area contributed by atoms with Gasteiger partial charge in [-0.05, 0) is 54.4 Å². The molecule has 0 aliphatic heterocycles. The molecular weight excluding hydrogens is 388 g/mol. The van der Waals surface area contributed by atoms with Crippen LogP contribution in [-0.2, 0) is 24.7 Å². The van der Waals surface area contributed by atoms with Crippen molar-refractivity contribution in [3.05, 3.63) is 48.5 Å². The largest absolute Gasteiger partial charge is 0.326 e. The molecule has 0 radical (unpaired) electrons. The Balaban J connectivity index is 2.10. The first kappa shape index (κ1) is 20.9. The minimum absolute atomic E-state index is 0.0444. The Hall–Kier alpha value is -2.39. The molecular formula is C18H22N2O5S2. The van der Waals surface area contributed by atoms with Gasteiger partial charge in [0.2, 0.25) is 5.91 Å². The second-order valence-corrected chi connectivity index (χ2v) is 10.3. The summed E-state index contributed by atoms with van der Waals surface area (Å²) in [6, 6.07) is 11.2. The van der Waals surface area contributed by atoms with Crippen LogP contribution >= 0.6 is 0 Å². The van der Waals surface area contributed by atoms with E-state index >= 15 is 0 Å². The highest BCUT2D eigenvalue weighted by Crippen LogP contribution is 2.20. The Kier molecular flexibility index (Phi) is 6.27. The van der Waals surface area contributed by atoms with E-state index in [1.807, 2.05) is 13.8 Å². The molecule has 0 bridgehead atoms. The molecule has 0 saturated heterocycles. The predicted molar refractivity (Wildman–Crippen MR) is 105 cm³/mol. The highest BCUT2D eigenvalue weighted by atomic mass is 32.2. The van der Waals surface area contributed by atoms with E-state index in [0.29, 0.717) is 17.8 Å². The van der Waals surface area contributed by atoms with Gasteiger partial charge in [-0.15, -0.1) is 0 Å². The molecule has 27 heavy (non-hydrogen) atoms. The normalized spacial score (nSPS) is 12.0. The van der Waals surface area contributed by atoms with E-state index in [0.717, 1.165) is 6.26 Å². The maximum atomic E-state index is 12.4. The fourth-order valence-electron chi connectivity index (χ4n) is 2.28. The molecule has 0 aliphatic rings. The van der Waals surface area contributed by atoms with Gasteiger partial charge in [0, 0.05) is 24.1 Å². The van der Waals surface area contributed by atoms with Gasteiger partial charge in [-0.3, -0.25) is 9.52 Å². The van der Waals surface area contributed by atoms with Crippen LogP contribution in [-0.4, -0.2) is 29.0 Å². The number of nitrogens with one attached hydrogen (secondary N) is 2. The number of carbonyl (C=O) groups excluding carboxylic acids is 1. The van der Waals surface area contributed by atoms with Crippen LogP contribution in [0.2, 0.25) is 0 Å². The van der Waals surface area contributed by atoms with Gasteiger partial charge < -0.3 is 5.32 Å². The molecule has 0 spiro atoms. The van der Waals surface area contributed by atoms with Crippen molar-refractivity contribution in [1.29, 1.82) is 0 Å². The lowest BCUT2D eigenvalue weighted by Gasteiger charge is -2.10. The van der Waals surface area contributed by atoms with Crippen molar-refractivity contribution in [3.63, 3.8) is 0 Å². The van der Waals surface area contributed by atoms with Gasteiger partial charge in [0.1, 0.15) is 0 Å². The second kappa shape index (κ2) is 8.10. The van der Waals surface area contributed by atoms with E-state index < -0.39 is 19.9 Å². The Morgan fingerprint density at radius 1 is 0.852 bits per heavy atom. The van der Waals surface area contributed by atoms with Crippen LogP contribution in [0.25, 0.3) is 0 Å². The number of anilines is 2. The highest BCUT2D eigenvalue weighted by Gasteiger charge is 2.16.